The monoisotopic (exact) mass is 278 g/mol. The van der Waals surface area contributed by atoms with Gasteiger partial charge in [-0.25, -0.2) is 0 Å². The van der Waals surface area contributed by atoms with E-state index < -0.39 is 0 Å². The quantitative estimate of drug-likeness (QED) is 0.732. The van der Waals surface area contributed by atoms with Gasteiger partial charge in [-0.2, -0.15) is 0 Å². The minimum atomic E-state index is -0.159. The number of benzene rings is 1. The van der Waals surface area contributed by atoms with E-state index in [0.29, 0.717) is 25.3 Å². The van der Waals surface area contributed by atoms with Crippen molar-refractivity contribution in [3.63, 3.8) is 0 Å². The summed E-state index contributed by atoms with van der Waals surface area (Å²) in [5.41, 5.74) is 1.42. The molecule has 20 heavy (non-hydrogen) atoms. The number of carbonyl (C=O) groups excluding carboxylic acids is 1. The standard InChI is InChI=1S/C15H22N2O3/c1-11(2)17-14(19)12-3-5-13(6-4-12)16-7-15(8-18)9-20-10-15/h3-6,11,16,18H,7-10H2,1-2H3,(H,17,19). The van der Waals surface area contributed by atoms with Crippen molar-refractivity contribution >= 4 is 11.6 Å². The fourth-order valence-electron chi connectivity index (χ4n) is 2.01. The normalized spacial score (nSPS) is 16.6. The van der Waals surface area contributed by atoms with Crippen molar-refractivity contribution in [3.8, 4) is 0 Å². The van der Waals surface area contributed by atoms with E-state index in [0.717, 1.165) is 5.69 Å². The molecule has 0 radical (unpaired) electrons. The smallest absolute Gasteiger partial charge is 0.251 e. The molecule has 1 aliphatic heterocycles. The third-order valence-electron chi connectivity index (χ3n) is 3.39. The van der Waals surface area contributed by atoms with E-state index in [-0.39, 0.29) is 24.0 Å². The molecule has 0 aromatic heterocycles. The third-order valence-corrected chi connectivity index (χ3v) is 3.39. The fraction of sp³-hybridized carbons (Fsp3) is 0.533. The van der Waals surface area contributed by atoms with Gasteiger partial charge in [-0.15, -0.1) is 0 Å². The van der Waals surface area contributed by atoms with Gasteiger partial charge in [0.2, 0.25) is 0 Å². The summed E-state index contributed by atoms with van der Waals surface area (Å²) in [4.78, 5) is 11.8. The summed E-state index contributed by atoms with van der Waals surface area (Å²) in [5.74, 6) is -0.0641. The third kappa shape index (κ3) is 3.49. The van der Waals surface area contributed by atoms with Crippen molar-refractivity contribution in [2.45, 2.75) is 19.9 Å². The van der Waals surface area contributed by atoms with E-state index in [1.54, 1.807) is 12.1 Å². The number of amides is 1. The number of anilines is 1. The summed E-state index contributed by atoms with van der Waals surface area (Å²) < 4.78 is 5.15. The van der Waals surface area contributed by atoms with Crippen molar-refractivity contribution < 1.29 is 14.6 Å². The molecule has 1 aromatic rings. The van der Waals surface area contributed by atoms with E-state index in [2.05, 4.69) is 10.6 Å². The average Bonchev–Trinajstić information content (AvgIpc) is 2.38. The van der Waals surface area contributed by atoms with E-state index in [9.17, 15) is 9.90 Å². The summed E-state index contributed by atoms with van der Waals surface area (Å²) in [5, 5.41) is 15.5. The predicted octanol–water partition coefficient (Wildman–Crippen LogP) is 1.25. The average molecular weight is 278 g/mol. The Bertz CT molecular complexity index is 447. The Balaban J connectivity index is 1.90. The molecule has 1 aliphatic rings. The molecule has 0 saturated carbocycles. The lowest BCUT2D eigenvalue weighted by molar-refractivity contribution is -0.128. The van der Waals surface area contributed by atoms with Crippen LogP contribution in [-0.2, 0) is 4.74 Å². The van der Waals surface area contributed by atoms with E-state index in [1.165, 1.54) is 0 Å². The summed E-state index contributed by atoms with van der Waals surface area (Å²) in [7, 11) is 0. The zero-order valence-corrected chi connectivity index (χ0v) is 12.0. The minimum Gasteiger partial charge on any atom is -0.396 e. The van der Waals surface area contributed by atoms with Crippen LogP contribution in [0.1, 0.15) is 24.2 Å². The molecule has 1 heterocycles. The van der Waals surface area contributed by atoms with Crippen LogP contribution in [0.3, 0.4) is 0 Å². The highest BCUT2D eigenvalue weighted by Crippen LogP contribution is 2.27. The number of aliphatic hydroxyl groups is 1. The van der Waals surface area contributed by atoms with Gasteiger partial charge < -0.3 is 20.5 Å². The molecular formula is C15H22N2O3. The zero-order chi connectivity index (χ0) is 14.6. The van der Waals surface area contributed by atoms with Crippen LogP contribution in [0, 0.1) is 5.41 Å². The number of aliphatic hydroxyl groups excluding tert-OH is 1. The molecule has 2 rings (SSSR count). The van der Waals surface area contributed by atoms with Gasteiger partial charge >= 0.3 is 0 Å². The summed E-state index contributed by atoms with van der Waals surface area (Å²) >= 11 is 0. The lowest BCUT2D eigenvalue weighted by Crippen LogP contribution is -2.50. The van der Waals surface area contributed by atoms with Gasteiger partial charge in [0.15, 0.2) is 0 Å². The molecule has 110 valence electrons. The molecule has 1 amide bonds. The van der Waals surface area contributed by atoms with Gasteiger partial charge in [0.1, 0.15) is 0 Å². The fourth-order valence-corrected chi connectivity index (χ4v) is 2.01. The van der Waals surface area contributed by atoms with Gasteiger partial charge in [0.25, 0.3) is 5.91 Å². The predicted molar refractivity (Wildman–Crippen MR) is 77.9 cm³/mol. The molecule has 5 nitrogen and oxygen atoms in total. The molecule has 0 spiro atoms. The highest BCUT2D eigenvalue weighted by Gasteiger charge is 2.37. The van der Waals surface area contributed by atoms with Crippen LogP contribution in [-0.4, -0.2) is 43.4 Å². The number of nitrogens with one attached hydrogen (secondary N) is 2. The Hall–Kier alpha value is -1.59. The number of rotatable bonds is 6. The SMILES string of the molecule is CC(C)NC(=O)c1ccc(NCC2(CO)COC2)cc1. The number of carbonyl (C=O) groups is 1. The summed E-state index contributed by atoms with van der Waals surface area (Å²) in [6, 6.07) is 7.47. The van der Waals surface area contributed by atoms with Crippen molar-refractivity contribution in [2.24, 2.45) is 5.41 Å². The van der Waals surface area contributed by atoms with Crippen LogP contribution >= 0.6 is 0 Å². The molecule has 1 fully saturated rings. The van der Waals surface area contributed by atoms with Crippen LogP contribution in [0.25, 0.3) is 0 Å². The highest BCUT2D eigenvalue weighted by atomic mass is 16.5. The first-order chi connectivity index (χ1) is 9.54. The molecule has 0 atom stereocenters. The number of hydrogen-bond acceptors (Lipinski definition) is 4. The first kappa shape index (κ1) is 14.8. The summed E-state index contributed by atoms with van der Waals surface area (Å²) in [6.45, 7) is 5.83. The van der Waals surface area contributed by atoms with Gasteiger partial charge in [-0.05, 0) is 38.1 Å². The van der Waals surface area contributed by atoms with E-state index >= 15 is 0 Å². The molecular weight excluding hydrogens is 256 g/mol. The first-order valence-corrected chi connectivity index (χ1v) is 6.88. The number of ether oxygens (including phenoxy) is 1. The van der Waals surface area contributed by atoms with Crippen molar-refractivity contribution in [2.75, 3.05) is 31.7 Å². The van der Waals surface area contributed by atoms with Gasteiger partial charge in [0.05, 0.1) is 25.2 Å². The van der Waals surface area contributed by atoms with Gasteiger partial charge in [0, 0.05) is 23.8 Å². The maximum absolute atomic E-state index is 11.8. The van der Waals surface area contributed by atoms with Crippen molar-refractivity contribution in [1.82, 2.24) is 5.32 Å². The van der Waals surface area contributed by atoms with Gasteiger partial charge in [-0.1, -0.05) is 0 Å². The molecule has 1 aromatic carbocycles. The Morgan fingerprint density at radius 2 is 2.00 bits per heavy atom. The molecule has 1 saturated heterocycles. The topological polar surface area (TPSA) is 70.6 Å². The van der Waals surface area contributed by atoms with Crippen molar-refractivity contribution in [3.05, 3.63) is 29.8 Å². The maximum atomic E-state index is 11.8. The van der Waals surface area contributed by atoms with Crippen LogP contribution in [0.15, 0.2) is 24.3 Å². The lowest BCUT2D eigenvalue weighted by Gasteiger charge is -2.40. The minimum absolute atomic E-state index is 0.0641. The van der Waals surface area contributed by atoms with Gasteiger partial charge in [-0.3, -0.25) is 4.79 Å². The second-order valence-electron chi connectivity index (χ2n) is 5.71. The molecule has 0 bridgehead atoms. The molecule has 0 unspecified atom stereocenters. The van der Waals surface area contributed by atoms with E-state index in [4.69, 9.17) is 4.74 Å². The molecule has 5 heteroatoms. The van der Waals surface area contributed by atoms with E-state index in [1.807, 2.05) is 26.0 Å². The Morgan fingerprint density at radius 3 is 2.45 bits per heavy atom. The first-order valence-electron chi connectivity index (χ1n) is 6.88. The second-order valence-corrected chi connectivity index (χ2v) is 5.71. The van der Waals surface area contributed by atoms with Crippen LogP contribution in [0.4, 0.5) is 5.69 Å². The van der Waals surface area contributed by atoms with Crippen LogP contribution in [0.5, 0.6) is 0 Å². The zero-order valence-electron chi connectivity index (χ0n) is 12.0. The Labute approximate surface area is 119 Å². The largest absolute Gasteiger partial charge is 0.396 e. The van der Waals surface area contributed by atoms with Crippen molar-refractivity contribution in [1.29, 1.82) is 0 Å². The Morgan fingerprint density at radius 1 is 1.35 bits per heavy atom. The van der Waals surface area contributed by atoms with Crippen LogP contribution < -0.4 is 10.6 Å². The molecule has 3 N–H and O–H groups in total. The maximum Gasteiger partial charge on any atom is 0.251 e. The lowest BCUT2D eigenvalue weighted by atomic mass is 9.87. The molecule has 0 aliphatic carbocycles. The van der Waals surface area contributed by atoms with Crippen LogP contribution in [0.2, 0.25) is 0 Å². The highest BCUT2D eigenvalue weighted by molar-refractivity contribution is 5.94. The number of hydrogen-bond donors (Lipinski definition) is 3. The second kappa shape index (κ2) is 6.24. The Kier molecular flexibility index (Phi) is 4.62. The summed E-state index contributed by atoms with van der Waals surface area (Å²) in [6.07, 6.45) is 0.